The molecule has 3 rings (SSSR count). The van der Waals surface area contributed by atoms with Crippen LogP contribution in [0.3, 0.4) is 0 Å². The number of benzene rings is 3. The van der Waals surface area contributed by atoms with E-state index in [9.17, 15) is 0 Å². The second-order valence-electron chi connectivity index (χ2n) is 7.54. The zero-order valence-electron chi connectivity index (χ0n) is 16.6. The van der Waals surface area contributed by atoms with Crippen LogP contribution < -0.4 is 10.4 Å². The highest BCUT2D eigenvalue weighted by molar-refractivity contribution is 7.02. The third-order valence-corrected chi connectivity index (χ3v) is 10.9. The van der Waals surface area contributed by atoms with E-state index in [0.717, 1.165) is 13.1 Å². The average Bonchev–Trinajstić information content (AvgIpc) is 2.73. The van der Waals surface area contributed by atoms with Crippen molar-refractivity contribution < 1.29 is 0 Å². The van der Waals surface area contributed by atoms with E-state index < -0.39 is 8.07 Å². The molecular formula is C25H31NSi. The summed E-state index contributed by atoms with van der Waals surface area (Å²) in [5.41, 5.74) is 1.39. The summed E-state index contributed by atoms with van der Waals surface area (Å²) in [4.78, 5) is 2.48. The molecule has 0 bridgehead atoms. The van der Waals surface area contributed by atoms with Gasteiger partial charge in [-0.15, -0.1) is 0 Å². The molecule has 0 radical (unpaired) electrons. The van der Waals surface area contributed by atoms with Crippen LogP contribution in [0.1, 0.15) is 18.9 Å². The summed E-state index contributed by atoms with van der Waals surface area (Å²) in [5.74, 6) is 0. The van der Waals surface area contributed by atoms with Crippen LogP contribution >= 0.6 is 0 Å². The third-order valence-electron chi connectivity index (χ3n) is 5.55. The molecule has 140 valence electrons. The molecule has 0 aliphatic heterocycles. The van der Waals surface area contributed by atoms with Crippen molar-refractivity contribution in [1.82, 2.24) is 4.90 Å². The van der Waals surface area contributed by atoms with Gasteiger partial charge in [0.15, 0.2) is 0 Å². The summed E-state index contributed by atoms with van der Waals surface area (Å²) in [6.45, 7) is 4.48. The number of nitrogens with zero attached hydrogens (tertiary/aromatic N) is 1. The highest BCUT2D eigenvalue weighted by Crippen LogP contribution is 2.20. The number of hydrogen-bond acceptors (Lipinski definition) is 1. The summed E-state index contributed by atoms with van der Waals surface area (Å²) in [6.07, 6.45) is 1.23. The number of rotatable bonds is 9. The fraction of sp³-hybridized carbons (Fsp3) is 0.280. The fourth-order valence-electron chi connectivity index (χ4n) is 4.17. The quantitative estimate of drug-likeness (QED) is 0.487. The van der Waals surface area contributed by atoms with Crippen LogP contribution in [-0.2, 0) is 6.54 Å². The normalized spacial score (nSPS) is 11.7. The lowest BCUT2D eigenvalue weighted by Crippen LogP contribution is -2.59. The highest BCUT2D eigenvalue weighted by Gasteiger charge is 2.35. The Hall–Kier alpha value is -2.16. The molecule has 0 amide bonds. The van der Waals surface area contributed by atoms with Crippen molar-refractivity contribution in [3.63, 3.8) is 0 Å². The predicted octanol–water partition coefficient (Wildman–Crippen LogP) is 4.79. The number of hydrogen-bond donors (Lipinski definition) is 0. The van der Waals surface area contributed by atoms with Gasteiger partial charge in [-0.2, -0.15) is 0 Å². The smallest absolute Gasteiger partial charge is 0.119 e. The van der Waals surface area contributed by atoms with Crippen LogP contribution in [-0.4, -0.2) is 26.6 Å². The lowest BCUT2D eigenvalue weighted by molar-refractivity contribution is 0.344. The van der Waals surface area contributed by atoms with Gasteiger partial charge in [0.05, 0.1) is 0 Å². The second kappa shape index (κ2) is 9.68. The Kier molecular flexibility index (Phi) is 7.02. The van der Waals surface area contributed by atoms with Gasteiger partial charge < -0.3 is 4.90 Å². The Morgan fingerprint density at radius 1 is 0.667 bits per heavy atom. The summed E-state index contributed by atoms with van der Waals surface area (Å²) in [6, 6.07) is 36.0. The van der Waals surface area contributed by atoms with Crippen LogP contribution in [0.15, 0.2) is 91.0 Å². The van der Waals surface area contributed by atoms with Gasteiger partial charge >= 0.3 is 0 Å². The second-order valence-corrected chi connectivity index (χ2v) is 11.9. The van der Waals surface area contributed by atoms with E-state index in [2.05, 4.69) is 110 Å². The molecule has 1 nitrogen and oxygen atoms in total. The van der Waals surface area contributed by atoms with Crippen LogP contribution in [0, 0.1) is 0 Å². The van der Waals surface area contributed by atoms with Crippen molar-refractivity contribution in [3.8, 4) is 0 Å². The SMILES string of the molecule is CCC[Si](CCN(C)Cc1ccccc1)(c1ccccc1)c1ccccc1. The zero-order valence-corrected chi connectivity index (χ0v) is 17.6. The van der Waals surface area contributed by atoms with E-state index in [4.69, 9.17) is 0 Å². The molecule has 0 fully saturated rings. The first-order valence-electron chi connectivity index (χ1n) is 10.1. The molecule has 0 aliphatic carbocycles. The molecule has 3 aromatic carbocycles. The maximum Gasteiger partial charge on any atom is 0.119 e. The molecule has 3 aromatic rings. The van der Waals surface area contributed by atoms with Gasteiger partial charge in [-0.05, 0) is 31.2 Å². The Morgan fingerprint density at radius 3 is 1.63 bits per heavy atom. The lowest BCUT2D eigenvalue weighted by Gasteiger charge is -2.34. The van der Waals surface area contributed by atoms with Crippen LogP contribution in [0.4, 0.5) is 0 Å². The molecule has 2 heteroatoms. The van der Waals surface area contributed by atoms with Gasteiger partial charge in [0, 0.05) is 6.54 Å². The minimum atomic E-state index is -1.77. The molecule has 0 saturated heterocycles. The lowest BCUT2D eigenvalue weighted by atomic mass is 10.2. The third kappa shape index (κ3) is 4.97. The molecule has 0 N–H and O–H groups in total. The van der Waals surface area contributed by atoms with Gasteiger partial charge in [0.1, 0.15) is 8.07 Å². The van der Waals surface area contributed by atoms with Crippen molar-refractivity contribution in [2.75, 3.05) is 13.6 Å². The molecule has 0 spiro atoms. The minimum Gasteiger partial charge on any atom is -0.302 e. The molecule has 0 unspecified atom stereocenters. The van der Waals surface area contributed by atoms with Crippen molar-refractivity contribution >= 4 is 18.4 Å². The van der Waals surface area contributed by atoms with Crippen LogP contribution in [0.2, 0.25) is 12.1 Å². The van der Waals surface area contributed by atoms with E-state index in [1.807, 2.05) is 0 Å². The van der Waals surface area contributed by atoms with Crippen LogP contribution in [0.25, 0.3) is 0 Å². The van der Waals surface area contributed by atoms with Gasteiger partial charge in [-0.25, -0.2) is 0 Å². The van der Waals surface area contributed by atoms with Gasteiger partial charge in [-0.1, -0.05) is 115 Å². The largest absolute Gasteiger partial charge is 0.302 e. The summed E-state index contributed by atoms with van der Waals surface area (Å²) in [5, 5.41) is 3.15. The first-order chi connectivity index (χ1) is 13.2. The fourth-order valence-corrected chi connectivity index (χ4v) is 9.18. The Morgan fingerprint density at radius 2 is 1.15 bits per heavy atom. The first-order valence-corrected chi connectivity index (χ1v) is 12.5. The standard InChI is InChI=1S/C25H31NSi/c1-3-20-27(24-15-9-5-10-16-24,25-17-11-6-12-18-25)21-19-26(2)22-23-13-7-4-8-14-23/h4-18H,3,19-22H2,1-2H3. The molecule has 0 saturated carbocycles. The van der Waals surface area contributed by atoms with E-state index >= 15 is 0 Å². The van der Waals surface area contributed by atoms with E-state index in [1.165, 1.54) is 24.1 Å². The van der Waals surface area contributed by atoms with Crippen molar-refractivity contribution in [2.45, 2.75) is 32.0 Å². The summed E-state index contributed by atoms with van der Waals surface area (Å²) < 4.78 is 0. The predicted molar refractivity (Wildman–Crippen MR) is 121 cm³/mol. The van der Waals surface area contributed by atoms with Crippen molar-refractivity contribution in [1.29, 1.82) is 0 Å². The Balaban J connectivity index is 1.85. The summed E-state index contributed by atoms with van der Waals surface area (Å²) >= 11 is 0. The summed E-state index contributed by atoms with van der Waals surface area (Å²) in [7, 11) is 0.489. The Bertz CT molecular complexity index is 747. The van der Waals surface area contributed by atoms with Gasteiger partial charge in [0.2, 0.25) is 0 Å². The van der Waals surface area contributed by atoms with E-state index in [0.29, 0.717) is 0 Å². The maximum atomic E-state index is 2.48. The van der Waals surface area contributed by atoms with Crippen LogP contribution in [0.5, 0.6) is 0 Å². The molecular weight excluding hydrogens is 342 g/mol. The van der Waals surface area contributed by atoms with Crippen molar-refractivity contribution in [3.05, 3.63) is 96.6 Å². The van der Waals surface area contributed by atoms with E-state index in [1.54, 1.807) is 10.4 Å². The topological polar surface area (TPSA) is 3.24 Å². The molecule has 0 aromatic heterocycles. The molecule has 0 heterocycles. The first kappa shape index (κ1) is 19.6. The Labute approximate surface area is 165 Å². The monoisotopic (exact) mass is 373 g/mol. The molecule has 0 atom stereocenters. The van der Waals surface area contributed by atoms with Gasteiger partial charge in [-0.3, -0.25) is 0 Å². The van der Waals surface area contributed by atoms with Gasteiger partial charge in [0.25, 0.3) is 0 Å². The van der Waals surface area contributed by atoms with E-state index in [-0.39, 0.29) is 0 Å². The average molecular weight is 374 g/mol. The molecule has 0 aliphatic rings. The van der Waals surface area contributed by atoms with Crippen molar-refractivity contribution in [2.24, 2.45) is 0 Å². The molecule has 27 heavy (non-hydrogen) atoms. The highest BCUT2D eigenvalue weighted by atomic mass is 28.3. The zero-order chi connectivity index (χ0) is 19.0. The minimum absolute atomic E-state index is 1.01. The maximum absolute atomic E-state index is 2.48.